The van der Waals surface area contributed by atoms with Gasteiger partial charge in [0.2, 0.25) is 5.91 Å². The molecule has 2 heterocycles. The standard InChI is InChI=1S/C17H22BrN5O/c1-12-9-13(3-4-14(12)18)21-16(24)11-23-8-5-19-10-15(23)17-20-6-7-22(17)2/h3-4,6-7,9,15,19H,5,8,10-11H2,1-2H3,(H,21,24). The molecule has 1 unspecified atom stereocenters. The van der Waals surface area contributed by atoms with Crippen LogP contribution in [0.25, 0.3) is 0 Å². The molecule has 24 heavy (non-hydrogen) atoms. The van der Waals surface area contributed by atoms with Gasteiger partial charge in [-0.05, 0) is 30.7 Å². The molecule has 1 amide bonds. The average molecular weight is 392 g/mol. The zero-order chi connectivity index (χ0) is 17.1. The van der Waals surface area contributed by atoms with Crippen LogP contribution in [0.15, 0.2) is 35.1 Å². The molecule has 1 atom stereocenters. The maximum absolute atomic E-state index is 12.5. The normalized spacial score (nSPS) is 18.5. The lowest BCUT2D eigenvalue weighted by Gasteiger charge is -2.35. The van der Waals surface area contributed by atoms with Crippen molar-refractivity contribution in [3.63, 3.8) is 0 Å². The van der Waals surface area contributed by atoms with Crippen LogP contribution in [0.2, 0.25) is 0 Å². The van der Waals surface area contributed by atoms with E-state index >= 15 is 0 Å². The highest BCUT2D eigenvalue weighted by Crippen LogP contribution is 2.22. The zero-order valence-electron chi connectivity index (χ0n) is 13.9. The Kier molecular flexibility index (Phi) is 5.33. The lowest BCUT2D eigenvalue weighted by atomic mass is 10.1. The molecule has 0 radical (unpaired) electrons. The Morgan fingerprint density at radius 2 is 2.33 bits per heavy atom. The first kappa shape index (κ1) is 17.1. The zero-order valence-corrected chi connectivity index (χ0v) is 15.5. The highest BCUT2D eigenvalue weighted by Gasteiger charge is 2.28. The molecule has 0 spiro atoms. The summed E-state index contributed by atoms with van der Waals surface area (Å²) in [7, 11) is 1.99. The SMILES string of the molecule is Cc1cc(NC(=O)CN2CCNCC2c2nccn2C)ccc1Br. The minimum Gasteiger partial charge on any atom is -0.337 e. The quantitative estimate of drug-likeness (QED) is 0.837. The third-order valence-corrected chi connectivity index (χ3v) is 5.19. The monoisotopic (exact) mass is 391 g/mol. The van der Waals surface area contributed by atoms with Crippen molar-refractivity contribution in [2.75, 3.05) is 31.5 Å². The van der Waals surface area contributed by atoms with Crippen molar-refractivity contribution >= 4 is 27.5 Å². The van der Waals surface area contributed by atoms with Crippen LogP contribution < -0.4 is 10.6 Å². The van der Waals surface area contributed by atoms with Crippen molar-refractivity contribution in [1.82, 2.24) is 19.8 Å². The van der Waals surface area contributed by atoms with Gasteiger partial charge in [-0.1, -0.05) is 15.9 Å². The Labute approximate surface area is 150 Å². The summed E-state index contributed by atoms with van der Waals surface area (Å²) in [4.78, 5) is 19.1. The highest BCUT2D eigenvalue weighted by atomic mass is 79.9. The van der Waals surface area contributed by atoms with Gasteiger partial charge in [0.25, 0.3) is 0 Å². The molecule has 3 rings (SSSR count). The van der Waals surface area contributed by atoms with Gasteiger partial charge in [0, 0.05) is 49.2 Å². The summed E-state index contributed by atoms with van der Waals surface area (Å²) in [6.07, 6.45) is 3.74. The molecule has 0 saturated carbocycles. The first-order valence-electron chi connectivity index (χ1n) is 8.02. The Balaban J connectivity index is 1.67. The second-order valence-electron chi connectivity index (χ2n) is 6.10. The molecular formula is C17H22BrN5O. The van der Waals surface area contributed by atoms with Crippen molar-refractivity contribution in [2.24, 2.45) is 7.05 Å². The Morgan fingerprint density at radius 3 is 3.04 bits per heavy atom. The second kappa shape index (κ2) is 7.46. The third kappa shape index (κ3) is 3.85. The van der Waals surface area contributed by atoms with Crippen LogP contribution in [0.4, 0.5) is 5.69 Å². The van der Waals surface area contributed by atoms with Gasteiger partial charge in [0.1, 0.15) is 5.82 Å². The van der Waals surface area contributed by atoms with Gasteiger partial charge in [-0.2, -0.15) is 0 Å². The van der Waals surface area contributed by atoms with E-state index in [1.807, 2.05) is 42.9 Å². The van der Waals surface area contributed by atoms with Crippen molar-refractivity contribution < 1.29 is 4.79 Å². The first-order valence-corrected chi connectivity index (χ1v) is 8.82. The maximum Gasteiger partial charge on any atom is 0.238 e. The number of amides is 1. The minimum atomic E-state index is -0.00201. The Bertz CT molecular complexity index is 730. The number of aryl methyl sites for hydroxylation is 2. The van der Waals surface area contributed by atoms with Gasteiger partial charge in [-0.3, -0.25) is 9.69 Å². The summed E-state index contributed by atoms with van der Waals surface area (Å²) in [5, 5.41) is 6.37. The number of nitrogens with zero attached hydrogens (tertiary/aromatic N) is 3. The number of nitrogens with one attached hydrogen (secondary N) is 2. The van der Waals surface area contributed by atoms with Gasteiger partial charge < -0.3 is 15.2 Å². The maximum atomic E-state index is 12.5. The van der Waals surface area contributed by atoms with Gasteiger partial charge in [0.05, 0.1) is 12.6 Å². The molecule has 1 aliphatic heterocycles. The van der Waals surface area contributed by atoms with E-state index in [1.165, 1.54) is 0 Å². The summed E-state index contributed by atoms with van der Waals surface area (Å²) in [6, 6.07) is 5.93. The van der Waals surface area contributed by atoms with Crippen LogP contribution in [-0.4, -0.2) is 46.5 Å². The van der Waals surface area contributed by atoms with E-state index in [9.17, 15) is 4.79 Å². The molecule has 2 aromatic rings. The molecular weight excluding hydrogens is 370 g/mol. The number of hydrogen-bond acceptors (Lipinski definition) is 4. The Hall–Kier alpha value is -1.70. The van der Waals surface area contributed by atoms with Crippen molar-refractivity contribution in [3.05, 3.63) is 46.5 Å². The molecule has 7 heteroatoms. The first-order chi connectivity index (χ1) is 11.5. The highest BCUT2D eigenvalue weighted by molar-refractivity contribution is 9.10. The molecule has 0 aliphatic carbocycles. The number of benzene rings is 1. The Morgan fingerprint density at radius 1 is 1.50 bits per heavy atom. The van der Waals surface area contributed by atoms with Gasteiger partial charge in [-0.25, -0.2) is 4.98 Å². The number of rotatable bonds is 4. The van der Waals surface area contributed by atoms with Crippen LogP contribution in [0, 0.1) is 6.92 Å². The van der Waals surface area contributed by atoms with Crippen LogP contribution in [0.5, 0.6) is 0 Å². The van der Waals surface area contributed by atoms with E-state index in [4.69, 9.17) is 0 Å². The largest absolute Gasteiger partial charge is 0.337 e. The van der Waals surface area contributed by atoms with E-state index in [0.717, 1.165) is 41.2 Å². The van der Waals surface area contributed by atoms with Crippen molar-refractivity contribution in [1.29, 1.82) is 0 Å². The minimum absolute atomic E-state index is 0.00201. The number of imidazole rings is 1. The lowest BCUT2D eigenvalue weighted by molar-refractivity contribution is -0.118. The summed E-state index contributed by atoms with van der Waals surface area (Å²) >= 11 is 3.47. The number of aromatic nitrogens is 2. The molecule has 1 fully saturated rings. The summed E-state index contributed by atoms with van der Waals surface area (Å²) < 4.78 is 3.05. The predicted octanol–water partition coefficient (Wildman–Crippen LogP) is 2.08. The van der Waals surface area contributed by atoms with E-state index < -0.39 is 0 Å². The number of halogens is 1. The fourth-order valence-corrected chi connectivity index (χ4v) is 3.24. The van der Waals surface area contributed by atoms with E-state index in [2.05, 4.69) is 36.4 Å². The molecule has 0 bridgehead atoms. The predicted molar refractivity (Wildman–Crippen MR) is 97.9 cm³/mol. The molecule has 2 N–H and O–H groups in total. The van der Waals surface area contributed by atoms with Crippen molar-refractivity contribution in [2.45, 2.75) is 13.0 Å². The molecule has 6 nitrogen and oxygen atoms in total. The summed E-state index contributed by atoms with van der Waals surface area (Å²) in [5.41, 5.74) is 1.92. The second-order valence-corrected chi connectivity index (χ2v) is 6.95. The van der Waals surface area contributed by atoms with Gasteiger partial charge in [0.15, 0.2) is 0 Å². The van der Waals surface area contributed by atoms with E-state index in [-0.39, 0.29) is 11.9 Å². The smallest absolute Gasteiger partial charge is 0.238 e. The fourth-order valence-electron chi connectivity index (χ4n) is 3.00. The fraction of sp³-hybridized carbons (Fsp3) is 0.412. The number of hydrogen-bond donors (Lipinski definition) is 2. The molecule has 1 aliphatic rings. The van der Waals surface area contributed by atoms with Gasteiger partial charge >= 0.3 is 0 Å². The third-order valence-electron chi connectivity index (χ3n) is 4.30. The number of carbonyl (C=O) groups excluding carboxylic acids is 1. The van der Waals surface area contributed by atoms with Gasteiger partial charge in [-0.15, -0.1) is 0 Å². The van der Waals surface area contributed by atoms with Crippen LogP contribution >= 0.6 is 15.9 Å². The number of anilines is 1. The topological polar surface area (TPSA) is 62.2 Å². The molecule has 128 valence electrons. The average Bonchev–Trinajstić information content (AvgIpc) is 2.97. The van der Waals surface area contributed by atoms with Crippen LogP contribution in [0.1, 0.15) is 17.4 Å². The van der Waals surface area contributed by atoms with Crippen molar-refractivity contribution in [3.8, 4) is 0 Å². The molecule has 1 aromatic heterocycles. The van der Waals surface area contributed by atoms with E-state index in [1.54, 1.807) is 6.20 Å². The lowest BCUT2D eigenvalue weighted by Crippen LogP contribution is -2.49. The molecule has 1 saturated heterocycles. The van der Waals surface area contributed by atoms with Crippen LogP contribution in [-0.2, 0) is 11.8 Å². The summed E-state index contributed by atoms with van der Waals surface area (Å²) in [6.45, 7) is 4.87. The number of piperazine rings is 1. The summed E-state index contributed by atoms with van der Waals surface area (Å²) in [5.74, 6) is 0.979. The van der Waals surface area contributed by atoms with Crippen LogP contribution in [0.3, 0.4) is 0 Å². The molecule has 1 aromatic carbocycles. The number of carbonyl (C=O) groups is 1. The van der Waals surface area contributed by atoms with E-state index in [0.29, 0.717) is 6.54 Å².